The molecule has 0 radical (unpaired) electrons. The molecule has 0 saturated carbocycles. The van der Waals surface area contributed by atoms with Crippen LogP contribution in [0.1, 0.15) is 13.3 Å². The maximum Gasteiger partial charge on any atom is 0.251 e. The average Bonchev–Trinajstić information content (AvgIpc) is 2.25. The van der Waals surface area contributed by atoms with Crippen molar-refractivity contribution in [2.75, 3.05) is 18.5 Å². The van der Waals surface area contributed by atoms with Crippen LogP contribution in [0.5, 0.6) is 0 Å². The highest BCUT2D eigenvalue weighted by atomic mass is 35.5. The molecule has 1 rings (SSSR count). The Morgan fingerprint density at radius 2 is 2.25 bits per heavy atom. The lowest BCUT2D eigenvalue weighted by Crippen LogP contribution is -2.19. The third kappa shape index (κ3) is 3.92. The largest absolute Gasteiger partial charge is 0.372 e. The summed E-state index contributed by atoms with van der Waals surface area (Å²) in [5.74, 6) is -0.142. The lowest BCUT2D eigenvalue weighted by atomic mass is 10.5. The first kappa shape index (κ1) is 13.2. The lowest BCUT2D eigenvalue weighted by molar-refractivity contribution is -0.120. The highest BCUT2D eigenvalue weighted by Gasteiger charge is 2.10. The van der Waals surface area contributed by atoms with Crippen LogP contribution in [-0.4, -0.2) is 29.1 Å². The first-order chi connectivity index (χ1) is 7.65. The van der Waals surface area contributed by atoms with Crippen molar-refractivity contribution >= 4 is 34.9 Å². The molecule has 0 aliphatic heterocycles. The van der Waals surface area contributed by atoms with Gasteiger partial charge in [-0.2, -0.15) is 0 Å². The monoisotopic (exact) mass is 263 g/mol. The lowest BCUT2D eigenvalue weighted by Gasteiger charge is -2.06. The van der Waals surface area contributed by atoms with Crippen LogP contribution < -0.4 is 5.32 Å². The smallest absolute Gasteiger partial charge is 0.251 e. The van der Waals surface area contributed by atoms with Gasteiger partial charge in [0, 0.05) is 6.61 Å². The normalized spacial score (nSPS) is 10.2. The number of carbonyl (C=O) groups excluding carboxylic acids is 1. The topological polar surface area (TPSA) is 64.1 Å². The predicted octanol–water partition coefficient (Wildman–Crippen LogP) is 2.15. The minimum absolute atomic E-state index is 0.0359. The van der Waals surface area contributed by atoms with Crippen molar-refractivity contribution in [3.8, 4) is 0 Å². The SMILES string of the molecule is CCCOCC(=O)Nc1ncnc(Cl)c1Cl. The molecular weight excluding hydrogens is 253 g/mol. The number of nitrogens with zero attached hydrogens (tertiary/aromatic N) is 2. The van der Waals surface area contributed by atoms with Gasteiger partial charge in [-0.05, 0) is 6.42 Å². The molecule has 0 unspecified atom stereocenters. The number of rotatable bonds is 5. The molecule has 1 aromatic heterocycles. The molecule has 0 spiro atoms. The Bertz CT molecular complexity index is 374. The minimum Gasteiger partial charge on any atom is -0.372 e. The van der Waals surface area contributed by atoms with Crippen molar-refractivity contribution in [2.45, 2.75) is 13.3 Å². The van der Waals surface area contributed by atoms with E-state index in [0.29, 0.717) is 6.61 Å². The molecule has 1 N–H and O–H groups in total. The Morgan fingerprint density at radius 1 is 1.50 bits per heavy atom. The van der Waals surface area contributed by atoms with Crippen LogP contribution in [0.15, 0.2) is 6.33 Å². The maximum atomic E-state index is 11.4. The van der Waals surface area contributed by atoms with Gasteiger partial charge in [0.25, 0.3) is 5.91 Å². The summed E-state index contributed by atoms with van der Waals surface area (Å²) in [6.45, 7) is 2.45. The van der Waals surface area contributed by atoms with Crippen LogP contribution in [0.3, 0.4) is 0 Å². The number of ether oxygens (including phenoxy) is 1. The molecule has 0 bridgehead atoms. The maximum absolute atomic E-state index is 11.4. The van der Waals surface area contributed by atoms with E-state index in [0.717, 1.165) is 6.42 Å². The summed E-state index contributed by atoms with van der Waals surface area (Å²) in [6.07, 6.45) is 2.07. The van der Waals surface area contributed by atoms with Crippen molar-refractivity contribution in [3.05, 3.63) is 16.5 Å². The molecule has 0 atom stereocenters. The highest BCUT2D eigenvalue weighted by Crippen LogP contribution is 2.25. The molecule has 0 fully saturated rings. The zero-order valence-corrected chi connectivity index (χ0v) is 10.2. The van der Waals surface area contributed by atoms with Gasteiger partial charge < -0.3 is 10.1 Å². The van der Waals surface area contributed by atoms with E-state index in [4.69, 9.17) is 27.9 Å². The fraction of sp³-hybridized carbons (Fsp3) is 0.444. The number of amides is 1. The van der Waals surface area contributed by atoms with Gasteiger partial charge in [0.1, 0.15) is 18.0 Å². The van der Waals surface area contributed by atoms with Crippen molar-refractivity contribution in [2.24, 2.45) is 0 Å². The number of carbonyl (C=O) groups is 1. The van der Waals surface area contributed by atoms with Gasteiger partial charge in [0.05, 0.1) is 0 Å². The Labute approximate surface area is 103 Å². The molecule has 1 heterocycles. The van der Waals surface area contributed by atoms with Crippen LogP contribution in [0, 0.1) is 0 Å². The van der Waals surface area contributed by atoms with Gasteiger partial charge in [0.15, 0.2) is 11.0 Å². The Kier molecular flexibility index (Phi) is 5.45. The average molecular weight is 264 g/mol. The van der Waals surface area contributed by atoms with Crippen LogP contribution in [-0.2, 0) is 9.53 Å². The number of nitrogens with one attached hydrogen (secondary N) is 1. The van der Waals surface area contributed by atoms with Crippen LogP contribution in [0.25, 0.3) is 0 Å². The van der Waals surface area contributed by atoms with E-state index >= 15 is 0 Å². The number of halogens is 2. The summed E-state index contributed by atoms with van der Waals surface area (Å²) in [5, 5.41) is 2.70. The third-order valence-electron chi connectivity index (χ3n) is 1.59. The minimum atomic E-state index is -0.329. The fourth-order valence-electron chi connectivity index (χ4n) is 0.913. The Balaban J connectivity index is 2.53. The molecule has 16 heavy (non-hydrogen) atoms. The zero-order valence-electron chi connectivity index (χ0n) is 8.67. The Hall–Kier alpha value is -0.910. The first-order valence-corrected chi connectivity index (χ1v) is 5.44. The Morgan fingerprint density at radius 3 is 2.94 bits per heavy atom. The second-order valence-corrected chi connectivity index (χ2v) is 3.66. The van der Waals surface area contributed by atoms with E-state index in [9.17, 15) is 4.79 Å². The summed E-state index contributed by atoms with van der Waals surface area (Å²) in [7, 11) is 0. The van der Waals surface area contributed by atoms with Gasteiger partial charge in [0.2, 0.25) is 0 Å². The van der Waals surface area contributed by atoms with Crippen molar-refractivity contribution in [1.29, 1.82) is 0 Å². The molecule has 1 aromatic rings. The van der Waals surface area contributed by atoms with E-state index in [2.05, 4.69) is 15.3 Å². The van der Waals surface area contributed by atoms with E-state index in [-0.39, 0.29) is 28.5 Å². The zero-order chi connectivity index (χ0) is 12.0. The van der Waals surface area contributed by atoms with E-state index in [1.807, 2.05) is 6.92 Å². The van der Waals surface area contributed by atoms with Crippen molar-refractivity contribution in [1.82, 2.24) is 9.97 Å². The quantitative estimate of drug-likeness (QED) is 0.653. The van der Waals surface area contributed by atoms with Crippen molar-refractivity contribution < 1.29 is 9.53 Å². The first-order valence-electron chi connectivity index (χ1n) is 4.68. The number of hydrogen-bond donors (Lipinski definition) is 1. The number of anilines is 1. The van der Waals surface area contributed by atoms with Gasteiger partial charge in [-0.15, -0.1) is 0 Å². The van der Waals surface area contributed by atoms with E-state index in [1.54, 1.807) is 0 Å². The summed E-state index contributed by atoms with van der Waals surface area (Å²) >= 11 is 11.4. The summed E-state index contributed by atoms with van der Waals surface area (Å²) in [5.41, 5.74) is 0. The molecular formula is C9H11Cl2N3O2. The van der Waals surface area contributed by atoms with Crippen molar-refractivity contribution in [3.63, 3.8) is 0 Å². The molecule has 0 aromatic carbocycles. The van der Waals surface area contributed by atoms with Crippen LogP contribution >= 0.6 is 23.2 Å². The summed E-state index contributed by atoms with van der Waals surface area (Å²) in [6, 6.07) is 0. The molecule has 5 nitrogen and oxygen atoms in total. The van der Waals surface area contributed by atoms with Crippen LogP contribution in [0.2, 0.25) is 10.2 Å². The second-order valence-electron chi connectivity index (χ2n) is 2.93. The molecule has 1 amide bonds. The molecule has 7 heteroatoms. The molecule has 0 aliphatic carbocycles. The van der Waals surface area contributed by atoms with Crippen LogP contribution in [0.4, 0.5) is 5.82 Å². The predicted molar refractivity (Wildman–Crippen MR) is 61.8 cm³/mol. The summed E-state index contributed by atoms with van der Waals surface area (Å²) in [4.78, 5) is 18.8. The number of hydrogen-bond acceptors (Lipinski definition) is 4. The fourth-order valence-corrected chi connectivity index (χ4v) is 1.19. The molecule has 0 aliphatic rings. The van der Waals surface area contributed by atoms with E-state index < -0.39 is 0 Å². The highest BCUT2D eigenvalue weighted by molar-refractivity contribution is 6.42. The number of aromatic nitrogens is 2. The van der Waals surface area contributed by atoms with Gasteiger partial charge in [-0.3, -0.25) is 4.79 Å². The van der Waals surface area contributed by atoms with Gasteiger partial charge >= 0.3 is 0 Å². The third-order valence-corrected chi connectivity index (χ3v) is 2.33. The van der Waals surface area contributed by atoms with E-state index in [1.165, 1.54) is 6.33 Å². The standard InChI is InChI=1S/C9H11Cl2N3O2/c1-2-3-16-4-6(15)14-9-7(10)8(11)12-5-13-9/h5H,2-4H2,1H3,(H,12,13,14,15). The van der Waals surface area contributed by atoms with Gasteiger partial charge in [-0.1, -0.05) is 30.1 Å². The second kappa shape index (κ2) is 6.62. The van der Waals surface area contributed by atoms with Gasteiger partial charge in [-0.25, -0.2) is 9.97 Å². The molecule has 0 saturated heterocycles. The summed E-state index contributed by atoms with van der Waals surface area (Å²) < 4.78 is 5.06. The molecule has 88 valence electrons.